The Morgan fingerprint density at radius 2 is 2.10 bits per heavy atom. The van der Waals surface area contributed by atoms with Crippen LogP contribution in [0.4, 0.5) is 5.69 Å². The van der Waals surface area contributed by atoms with Crippen LogP contribution in [0, 0.1) is 0 Å². The third-order valence-electron chi connectivity index (χ3n) is 4.10. The monoisotopic (exact) mass is 460 g/mol. The molecule has 1 heterocycles. The van der Waals surface area contributed by atoms with Gasteiger partial charge in [0.1, 0.15) is 5.25 Å². The van der Waals surface area contributed by atoms with E-state index in [0.29, 0.717) is 39.5 Å². The third-order valence-corrected chi connectivity index (χ3v) is 5.45. The van der Waals surface area contributed by atoms with Gasteiger partial charge in [0.05, 0.1) is 25.0 Å². The normalized spacial score (nSPS) is 17.1. The Bertz CT molecular complexity index is 1010. The number of hydrogen-bond acceptors (Lipinski definition) is 7. The van der Waals surface area contributed by atoms with E-state index in [4.69, 9.17) is 21.1 Å². The van der Waals surface area contributed by atoms with Gasteiger partial charge >= 0.3 is 0 Å². The number of rotatable bonds is 8. The molecule has 1 atom stereocenters. The first-order chi connectivity index (χ1) is 15.0. The SMILES string of the molecule is CCOc1c(Cl)cc(C=NN=C2NC(=O)C(CC(=O)Nc3ccccc3)S2)cc1OC. The molecule has 162 valence electrons. The van der Waals surface area contributed by atoms with Crippen LogP contribution in [-0.4, -0.2) is 42.2 Å². The molecular weight excluding hydrogens is 440 g/mol. The summed E-state index contributed by atoms with van der Waals surface area (Å²) in [5.41, 5.74) is 1.33. The predicted octanol–water partition coefficient (Wildman–Crippen LogP) is 3.70. The van der Waals surface area contributed by atoms with Crippen LogP contribution in [0.2, 0.25) is 5.02 Å². The van der Waals surface area contributed by atoms with Crippen molar-refractivity contribution in [1.82, 2.24) is 5.32 Å². The van der Waals surface area contributed by atoms with E-state index in [0.717, 1.165) is 11.8 Å². The molecule has 10 heteroatoms. The zero-order valence-electron chi connectivity index (χ0n) is 16.9. The number of nitrogens with one attached hydrogen (secondary N) is 2. The topological polar surface area (TPSA) is 101 Å². The number of hydrogen-bond donors (Lipinski definition) is 2. The van der Waals surface area contributed by atoms with Crippen molar-refractivity contribution in [2.24, 2.45) is 10.2 Å². The van der Waals surface area contributed by atoms with Crippen molar-refractivity contribution < 1.29 is 19.1 Å². The number of carbonyl (C=O) groups is 2. The summed E-state index contributed by atoms with van der Waals surface area (Å²) in [6.07, 6.45) is 1.51. The number of para-hydroxylation sites is 1. The van der Waals surface area contributed by atoms with Gasteiger partial charge in [-0.3, -0.25) is 9.59 Å². The van der Waals surface area contributed by atoms with Gasteiger partial charge in [0.15, 0.2) is 16.7 Å². The molecule has 0 saturated carbocycles. The molecule has 0 spiro atoms. The van der Waals surface area contributed by atoms with Gasteiger partial charge in [-0.15, -0.1) is 5.10 Å². The Morgan fingerprint density at radius 1 is 1.32 bits per heavy atom. The molecule has 3 rings (SSSR count). The van der Waals surface area contributed by atoms with Gasteiger partial charge < -0.3 is 20.1 Å². The molecule has 2 amide bonds. The molecule has 1 aliphatic rings. The van der Waals surface area contributed by atoms with Gasteiger partial charge in [0.25, 0.3) is 0 Å². The van der Waals surface area contributed by atoms with Crippen LogP contribution in [-0.2, 0) is 9.59 Å². The van der Waals surface area contributed by atoms with Gasteiger partial charge in [-0.1, -0.05) is 41.6 Å². The molecule has 0 bridgehead atoms. The second-order valence-electron chi connectivity index (χ2n) is 6.33. The summed E-state index contributed by atoms with van der Waals surface area (Å²) in [5.74, 6) is 0.412. The molecule has 1 fully saturated rings. The largest absolute Gasteiger partial charge is 0.493 e. The van der Waals surface area contributed by atoms with Crippen LogP contribution < -0.4 is 20.1 Å². The minimum Gasteiger partial charge on any atom is -0.493 e. The lowest BCUT2D eigenvalue weighted by Gasteiger charge is -2.11. The molecule has 0 aromatic heterocycles. The quantitative estimate of drug-likeness (QED) is 0.462. The number of amidine groups is 1. The third kappa shape index (κ3) is 6.22. The van der Waals surface area contributed by atoms with E-state index >= 15 is 0 Å². The zero-order valence-corrected chi connectivity index (χ0v) is 18.5. The fraction of sp³-hybridized carbons (Fsp3) is 0.238. The van der Waals surface area contributed by atoms with Gasteiger partial charge in [0, 0.05) is 17.7 Å². The molecule has 31 heavy (non-hydrogen) atoms. The molecule has 1 aliphatic heterocycles. The van der Waals surface area contributed by atoms with Gasteiger partial charge in [0.2, 0.25) is 11.8 Å². The van der Waals surface area contributed by atoms with Crippen LogP contribution in [0.15, 0.2) is 52.7 Å². The smallest absolute Gasteiger partial charge is 0.240 e. The van der Waals surface area contributed by atoms with E-state index in [-0.39, 0.29) is 18.2 Å². The Balaban J connectivity index is 1.61. The van der Waals surface area contributed by atoms with Crippen LogP contribution in [0.1, 0.15) is 18.9 Å². The van der Waals surface area contributed by atoms with Crippen molar-refractivity contribution >= 4 is 52.2 Å². The number of methoxy groups -OCH3 is 1. The van der Waals surface area contributed by atoms with E-state index < -0.39 is 5.25 Å². The summed E-state index contributed by atoms with van der Waals surface area (Å²) in [6, 6.07) is 12.5. The van der Waals surface area contributed by atoms with Crippen molar-refractivity contribution in [3.05, 3.63) is 53.1 Å². The van der Waals surface area contributed by atoms with E-state index in [1.165, 1.54) is 13.3 Å². The number of benzene rings is 2. The Hall–Kier alpha value is -3.04. The number of thioether (sulfide) groups is 1. The van der Waals surface area contributed by atoms with Gasteiger partial charge in [-0.2, -0.15) is 5.10 Å². The summed E-state index contributed by atoms with van der Waals surface area (Å²) in [6.45, 7) is 2.31. The number of anilines is 1. The molecule has 0 aliphatic carbocycles. The Labute approximate surface area is 189 Å². The second-order valence-corrected chi connectivity index (χ2v) is 7.93. The molecular formula is C21H21ClN4O4S. The summed E-state index contributed by atoms with van der Waals surface area (Å²) >= 11 is 7.40. The van der Waals surface area contributed by atoms with Crippen molar-refractivity contribution in [3.8, 4) is 11.5 Å². The average molecular weight is 461 g/mol. The summed E-state index contributed by atoms with van der Waals surface area (Å²) in [5, 5.41) is 13.6. The molecule has 1 unspecified atom stereocenters. The number of carbonyl (C=O) groups excluding carboxylic acids is 2. The van der Waals surface area contributed by atoms with Crippen LogP contribution in [0.5, 0.6) is 11.5 Å². The van der Waals surface area contributed by atoms with E-state index in [1.807, 2.05) is 25.1 Å². The fourth-order valence-electron chi connectivity index (χ4n) is 2.74. The summed E-state index contributed by atoms with van der Waals surface area (Å²) < 4.78 is 10.8. The summed E-state index contributed by atoms with van der Waals surface area (Å²) in [4.78, 5) is 24.3. The lowest BCUT2D eigenvalue weighted by molar-refractivity contribution is -0.122. The minimum atomic E-state index is -0.572. The highest BCUT2D eigenvalue weighted by atomic mass is 35.5. The molecule has 2 aromatic carbocycles. The maximum Gasteiger partial charge on any atom is 0.240 e. The zero-order chi connectivity index (χ0) is 22.2. The molecule has 2 aromatic rings. The van der Waals surface area contributed by atoms with Crippen molar-refractivity contribution in [3.63, 3.8) is 0 Å². The maximum atomic E-state index is 12.2. The average Bonchev–Trinajstić information content (AvgIpc) is 3.09. The number of ether oxygens (including phenoxy) is 2. The molecule has 8 nitrogen and oxygen atoms in total. The van der Waals surface area contributed by atoms with Gasteiger partial charge in [-0.25, -0.2) is 0 Å². The first kappa shape index (κ1) is 22.6. The number of nitrogens with zero attached hydrogens (tertiary/aromatic N) is 2. The van der Waals surface area contributed by atoms with Crippen LogP contribution in [0.3, 0.4) is 0 Å². The van der Waals surface area contributed by atoms with Crippen molar-refractivity contribution in [2.45, 2.75) is 18.6 Å². The first-order valence-electron chi connectivity index (χ1n) is 9.44. The molecule has 0 radical (unpaired) electrons. The first-order valence-corrected chi connectivity index (χ1v) is 10.7. The van der Waals surface area contributed by atoms with Crippen molar-refractivity contribution in [2.75, 3.05) is 19.0 Å². The highest BCUT2D eigenvalue weighted by Crippen LogP contribution is 2.36. The summed E-state index contributed by atoms with van der Waals surface area (Å²) in [7, 11) is 1.52. The highest BCUT2D eigenvalue weighted by molar-refractivity contribution is 8.15. The van der Waals surface area contributed by atoms with E-state index in [9.17, 15) is 9.59 Å². The van der Waals surface area contributed by atoms with Crippen molar-refractivity contribution in [1.29, 1.82) is 0 Å². The van der Waals surface area contributed by atoms with Crippen LogP contribution in [0.25, 0.3) is 0 Å². The number of amides is 2. The fourth-order valence-corrected chi connectivity index (χ4v) is 3.93. The Morgan fingerprint density at radius 3 is 2.81 bits per heavy atom. The Kier molecular flexibility index (Phi) is 7.91. The van der Waals surface area contributed by atoms with Gasteiger partial charge in [-0.05, 0) is 31.2 Å². The lowest BCUT2D eigenvalue weighted by Crippen LogP contribution is -2.28. The highest BCUT2D eigenvalue weighted by Gasteiger charge is 2.32. The van der Waals surface area contributed by atoms with E-state index in [2.05, 4.69) is 20.8 Å². The predicted molar refractivity (Wildman–Crippen MR) is 123 cm³/mol. The maximum absolute atomic E-state index is 12.2. The standard InChI is InChI=1S/C21H21ClN4O4S/c1-3-30-19-15(22)9-13(10-16(19)29-2)12-23-26-21-25-20(28)17(31-21)11-18(27)24-14-7-5-4-6-8-14/h4-10,12,17H,3,11H2,1-2H3,(H,24,27)(H,25,26,28). The van der Waals surface area contributed by atoms with Crippen LogP contribution >= 0.6 is 23.4 Å². The minimum absolute atomic E-state index is 0.0276. The molecule has 1 saturated heterocycles. The van der Waals surface area contributed by atoms with E-state index in [1.54, 1.807) is 24.3 Å². The number of halogens is 1. The lowest BCUT2D eigenvalue weighted by atomic mass is 10.2. The molecule has 2 N–H and O–H groups in total. The second kappa shape index (κ2) is 10.8.